The molecule has 7 nitrogen and oxygen atoms in total. The maximum Gasteiger partial charge on any atom is 0.320 e. The predicted molar refractivity (Wildman–Crippen MR) is 51.3 cm³/mol. The van der Waals surface area contributed by atoms with Gasteiger partial charge in [-0.15, -0.1) is 0 Å². The fraction of sp³-hybridized carbons (Fsp3) is 0.500. The van der Waals surface area contributed by atoms with Crippen LogP contribution in [0.2, 0.25) is 0 Å². The molecule has 0 bridgehead atoms. The van der Waals surface area contributed by atoms with E-state index in [0.29, 0.717) is 5.82 Å². The molecule has 0 aliphatic rings. The SMILES string of the molecule is COC(CNC(=O)Nc1ccon1)OC. The Balaban J connectivity index is 2.24. The van der Waals surface area contributed by atoms with Gasteiger partial charge in [-0.25, -0.2) is 4.79 Å². The second-order valence-electron chi connectivity index (χ2n) is 2.62. The lowest BCUT2D eigenvalue weighted by atomic mass is 10.6. The minimum Gasteiger partial charge on any atom is -0.363 e. The summed E-state index contributed by atoms with van der Waals surface area (Å²) in [5, 5.41) is 8.51. The van der Waals surface area contributed by atoms with Gasteiger partial charge in [0, 0.05) is 20.3 Å². The number of aromatic nitrogens is 1. The maximum atomic E-state index is 11.2. The normalized spacial score (nSPS) is 10.3. The summed E-state index contributed by atoms with van der Waals surface area (Å²) in [6.07, 6.45) is 0.899. The smallest absolute Gasteiger partial charge is 0.320 e. The van der Waals surface area contributed by atoms with Crippen molar-refractivity contribution < 1.29 is 18.8 Å². The number of urea groups is 1. The van der Waals surface area contributed by atoms with Gasteiger partial charge in [-0.3, -0.25) is 5.32 Å². The van der Waals surface area contributed by atoms with Crippen molar-refractivity contribution >= 4 is 11.8 Å². The summed E-state index contributed by atoms with van der Waals surface area (Å²) in [6, 6.07) is 1.13. The van der Waals surface area contributed by atoms with E-state index >= 15 is 0 Å². The van der Waals surface area contributed by atoms with E-state index in [1.807, 2.05) is 0 Å². The van der Waals surface area contributed by atoms with Crippen LogP contribution in [0.1, 0.15) is 0 Å². The van der Waals surface area contributed by atoms with Gasteiger partial charge in [0.25, 0.3) is 0 Å². The molecule has 7 heteroatoms. The molecule has 1 aromatic rings. The molecule has 0 atom stereocenters. The van der Waals surface area contributed by atoms with E-state index in [1.54, 1.807) is 0 Å². The highest BCUT2D eigenvalue weighted by atomic mass is 16.7. The van der Waals surface area contributed by atoms with Crippen molar-refractivity contribution in [3.05, 3.63) is 12.3 Å². The standard InChI is InChI=1S/C8H13N3O4/c1-13-7(14-2)5-9-8(12)10-6-3-4-15-11-6/h3-4,7H,5H2,1-2H3,(H2,9,10,11,12). The molecule has 0 saturated heterocycles. The molecule has 1 aromatic heterocycles. The van der Waals surface area contributed by atoms with Crippen LogP contribution in [-0.4, -0.2) is 38.2 Å². The van der Waals surface area contributed by atoms with Crippen molar-refractivity contribution in [1.82, 2.24) is 10.5 Å². The number of anilines is 1. The largest absolute Gasteiger partial charge is 0.363 e. The molecule has 84 valence electrons. The first-order chi connectivity index (χ1) is 7.26. The van der Waals surface area contributed by atoms with Gasteiger partial charge in [0.2, 0.25) is 0 Å². The van der Waals surface area contributed by atoms with Crippen molar-refractivity contribution in [2.75, 3.05) is 26.1 Å². The van der Waals surface area contributed by atoms with Crippen LogP contribution < -0.4 is 10.6 Å². The Morgan fingerprint density at radius 3 is 2.87 bits per heavy atom. The van der Waals surface area contributed by atoms with Gasteiger partial charge >= 0.3 is 6.03 Å². The highest BCUT2D eigenvalue weighted by Crippen LogP contribution is 1.99. The molecule has 2 N–H and O–H groups in total. The number of nitrogens with one attached hydrogen (secondary N) is 2. The Bertz CT molecular complexity index is 284. The summed E-state index contributed by atoms with van der Waals surface area (Å²) < 4.78 is 14.3. The van der Waals surface area contributed by atoms with Gasteiger partial charge < -0.3 is 19.3 Å². The first-order valence-electron chi connectivity index (χ1n) is 4.27. The third-order valence-electron chi connectivity index (χ3n) is 1.63. The molecule has 0 aliphatic heterocycles. The molecule has 15 heavy (non-hydrogen) atoms. The predicted octanol–water partition coefficient (Wildman–Crippen LogP) is 0.415. The Labute approximate surface area is 86.7 Å². The Hall–Kier alpha value is -1.60. The van der Waals surface area contributed by atoms with Crippen LogP contribution in [0, 0.1) is 0 Å². The number of carbonyl (C=O) groups is 1. The van der Waals surface area contributed by atoms with Crippen LogP contribution in [0.3, 0.4) is 0 Å². The van der Waals surface area contributed by atoms with E-state index in [2.05, 4.69) is 20.3 Å². The summed E-state index contributed by atoms with van der Waals surface area (Å²) in [5.74, 6) is 0.346. The summed E-state index contributed by atoms with van der Waals surface area (Å²) in [5.41, 5.74) is 0. The molecule has 0 spiro atoms. The lowest BCUT2D eigenvalue weighted by molar-refractivity contribution is -0.0970. The average Bonchev–Trinajstić information content (AvgIpc) is 2.72. The van der Waals surface area contributed by atoms with Gasteiger partial charge in [0.15, 0.2) is 12.1 Å². The van der Waals surface area contributed by atoms with E-state index in [1.165, 1.54) is 26.5 Å². The van der Waals surface area contributed by atoms with Gasteiger partial charge in [0.1, 0.15) is 6.26 Å². The minimum absolute atomic E-state index is 0.247. The van der Waals surface area contributed by atoms with Gasteiger partial charge in [-0.2, -0.15) is 0 Å². The number of methoxy groups -OCH3 is 2. The third kappa shape index (κ3) is 3.96. The van der Waals surface area contributed by atoms with Crippen LogP contribution in [0.25, 0.3) is 0 Å². The van der Waals surface area contributed by atoms with E-state index < -0.39 is 12.3 Å². The van der Waals surface area contributed by atoms with Gasteiger partial charge in [0.05, 0.1) is 6.54 Å². The zero-order chi connectivity index (χ0) is 11.1. The molecular formula is C8H13N3O4. The van der Waals surface area contributed by atoms with Crippen molar-refractivity contribution in [3.8, 4) is 0 Å². The fourth-order valence-corrected chi connectivity index (χ4v) is 0.876. The van der Waals surface area contributed by atoms with Crippen LogP contribution in [0.4, 0.5) is 10.6 Å². The number of carbonyl (C=O) groups excluding carboxylic acids is 1. The van der Waals surface area contributed by atoms with Gasteiger partial charge in [-0.05, 0) is 0 Å². The summed E-state index contributed by atoms with van der Waals surface area (Å²) in [6.45, 7) is 0.247. The molecule has 0 aromatic carbocycles. The maximum absolute atomic E-state index is 11.2. The second kappa shape index (κ2) is 5.99. The van der Waals surface area contributed by atoms with E-state index in [0.717, 1.165) is 0 Å². The molecule has 1 heterocycles. The van der Waals surface area contributed by atoms with Gasteiger partial charge in [-0.1, -0.05) is 5.16 Å². The van der Waals surface area contributed by atoms with Crippen molar-refractivity contribution in [2.45, 2.75) is 6.29 Å². The number of hydrogen-bond acceptors (Lipinski definition) is 5. The number of rotatable bonds is 5. The fourth-order valence-electron chi connectivity index (χ4n) is 0.876. The van der Waals surface area contributed by atoms with E-state index in [-0.39, 0.29) is 6.54 Å². The summed E-state index contributed by atoms with van der Waals surface area (Å²) in [4.78, 5) is 11.2. The topological polar surface area (TPSA) is 85.6 Å². The highest BCUT2D eigenvalue weighted by Gasteiger charge is 2.08. The summed E-state index contributed by atoms with van der Waals surface area (Å²) >= 11 is 0. The number of amides is 2. The Kier molecular flexibility index (Phi) is 4.58. The van der Waals surface area contributed by atoms with Crippen LogP contribution in [-0.2, 0) is 9.47 Å². The average molecular weight is 215 g/mol. The molecule has 0 fully saturated rings. The Morgan fingerprint density at radius 1 is 1.60 bits per heavy atom. The molecule has 0 unspecified atom stereocenters. The van der Waals surface area contributed by atoms with Crippen molar-refractivity contribution in [1.29, 1.82) is 0 Å². The lowest BCUT2D eigenvalue weighted by Gasteiger charge is -2.13. The minimum atomic E-state index is -0.465. The highest BCUT2D eigenvalue weighted by molar-refractivity contribution is 5.87. The molecule has 0 aliphatic carbocycles. The number of ether oxygens (including phenoxy) is 2. The number of hydrogen-bond donors (Lipinski definition) is 2. The molecular weight excluding hydrogens is 202 g/mol. The van der Waals surface area contributed by atoms with E-state index in [9.17, 15) is 4.79 Å². The first kappa shape index (κ1) is 11.5. The van der Waals surface area contributed by atoms with Crippen LogP contribution in [0.15, 0.2) is 16.9 Å². The van der Waals surface area contributed by atoms with Crippen molar-refractivity contribution in [3.63, 3.8) is 0 Å². The van der Waals surface area contributed by atoms with Crippen molar-refractivity contribution in [2.24, 2.45) is 0 Å². The van der Waals surface area contributed by atoms with Crippen LogP contribution >= 0.6 is 0 Å². The Morgan fingerprint density at radius 2 is 2.33 bits per heavy atom. The lowest BCUT2D eigenvalue weighted by Crippen LogP contribution is -2.36. The number of nitrogens with zero attached hydrogens (tertiary/aromatic N) is 1. The summed E-state index contributed by atoms with van der Waals surface area (Å²) in [7, 11) is 2.98. The molecule has 1 rings (SSSR count). The third-order valence-corrected chi connectivity index (χ3v) is 1.63. The zero-order valence-corrected chi connectivity index (χ0v) is 8.52. The van der Waals surface area contributed by atoms with E-state index in [4.69, 9.17) is 9.47 Å². The quantitative estimate of drug-likeness (QED) is 0.695. The first-order valence-corrected chi connectivity index (χ1v) is 4.27. The molecule has 2 amide bonds. The second-order valence-corrected chi connectivity index (χ2v) is 2.62. The zero-order valence-electron chi connectivity index (χ0n) is 8.52. The molecule has 0 saturated carbocycles. The monoisotopic (exact) mass is 215 g/mol. The van der Waals surface area contributed by atoms with Crippen LogP contribution in [0.5, 0.6) is 0 Å². The molecule has 0 radical (unpaired) electrons.